The van der Waals surface area contributed by atoms with Gasteiger partial charge in [0.1, 0.15) is 11.6 Å². The van der Waals surface area contributed by atoms with E-state index in [0.29, 0.717) is 24.1 Å². The Balaban J connectivity index is 2.21. The number of thioether (sulfide) groups is 1. The molecule has 2 aromatic rings. The van der Waals surface area contributed by atoms with E-state index in [-0.39, 0.29) is 17.5 Å². The minimum absolute atomic E-state index is 0.0574. The van der Waals surface area contributed by atoms with Crippen molar-refractivity contribution in [2.75, 3.05) is 18.1 Å². The van der Waals surface area contributed by atoms with E-state index in [1.165, 1.54) is 6.07 Å². The average molecular weight is 309 g/mol. The van der Waals surface area contributed by atoms with Crippen molar-refractivity contribution in [2.24, 2.45) is 0 Å². The molecule has 21 heavy (non-hydrogen) atoms. The molecule has 2 aromatic heterocycles. The van der Waals surface area contributed by atoms with E-state index >= 15 is 0 Å². The first-order valence-corrected chi connectivity index (χ1v) is 7.27. The quantitative estimate of drug-likeness (QED) is 0.485. The second-order valence-electron chi connectivity index (χ2n) is 4.06. The molecule has 0 radical (unpaired) electrons. The number of hydrogen-bond acceptors (Lipinski definition) is 7. The van der Waals surface area contributed by atoms with Gasteiger partial charge in [0, 0.05) is 6.07 Å². The molecule has 0 atom stereocenters. The van der Waals surface area contributed by atoms with Gasteiger partial charge in [-0.25, -0.2) is 0 Å². The molecule has 2 N–H and O–H groups in total. The first-order valence-electron chi connectivity index (χ1n) is 6.28. The number of esters is 1. The van der Waals surface area contributed by atoms with Crippen molar-refractivity contribution in [2.45, 2.75) is 18.6 Å². The number of rotatable bonds is 6. The number of carbonyl (C=O) groups excluding carboxylic acids is 1. The van der Waals surface area contributed by atoms with Crippen molar-refractivity contribution < 1.29 is 13.9 Å². The smallest absolute Gasteiger partial charge is 0.316 e. The van der Waals surface area contributed by atoms with Crippen LogP contribution in [0.3, 0.4) is 0 Å². The number of aromatic nitrogens is 2. The van der Waals surface area contributed by atoms with E-state index in [1.807, 2.05) is 0 Å². The van der Waals surface area contributed by atoms with E-state index in [2.05, 4.69) is 4.98 Å². The number of anilines is 1. The number of carbonyl (C=O) groups is 1. The van der Waals surface area contributed by atoms with Crippen LogP contribution in [-0.2, 0) is 16.1 Å². The van der Waals surface area contributed by atoms with Crippen molar-refractivity contribution in [3.63, 3.8) is 0 Å². The highest BCUT2D eigenvalue weighted by molar-refractivity contribution is 7.99. The van der Waals surface area contributed by atoms with Gasteiger partial charge in [-0.1, -0.05) is 11.8 Å². The number of hydrogen-bond donors (Lipinski definition) is 1. The minimum atomic E-state index is -0.449. The van der Waals surface area contributed by atoms with Crippen LogP contribution in [0.25, 0.3) is 0 Å². The fourth-order valence-electron chi connectivity index (χ4n) is 1.66. The van der Waals surface area contributed by atoms with Gasteiger partial charge in [0.15, 0.2) is 5.16 Å². The van der Waals surface area contributed by atoms with Crippen molar-refractivity contribution in [1.29, 1.82) is 0 Å². The van der Waals surface area contributed by atoms with Crippen LogP contribution in [0.2, 0.25) is 0 Å². The predicted molar refractivity (Wildman–Crippen MR) is 78.1 cm³/mol. The third-order valence-corrected chi connectivity index (χ3v) is 3.49. The molecule has 8 heteroatoms. The monoisotopic (exact) mass is 309 g/mol. The highest BCUT2D eigenvalue weighted by atomic mass is 32.2. The zero-order valence-electron chi connectivity index (χ0n) is 11.4. The Morgan fingerprint density at radius 3 is 3.05 bits per heavy atom. The summed E-state index contributed by atoms with van der Waals surface area (Å²) in [6.07, 6.45) is 1.55. The number of nitrogen functional groups attached to an aromatic ring is 1. The van der Waals surface area contributed by atoms with Crippen molar-refractivity contribution >= 4 is 23.5 Å². The Morgan fingerprint density at radius 2 is 2.38 bits per heavy atom. The van der Waals surface area contributed by atoms with Crippen LogP contribution in [0.4, 0.5) is 5.82 Å². The Labute approximate surface area is 125 Å². The first-order chi connectivity index (χ1) is 10.1. The van der Waals surface area contributed by atoms with Crippen LogP contribution < -0.4 is 11.3 Å². The fourth-order valence-corrected chi connectivity index (χ4v) is 2.47. The number of nitrogens with two attached hydrogens (primary N) is 1. The summed E-state index contributed by atoms with van der Waals surface area (Å²) in [6, 6.07) is 4.78. The molecular formula is C13H15N3O4S. The molecule has 2 heterocycles. The Kier molecular flexibility index (Phi) is 5.04. The van der Waals surface area contributed by atoms with Gasteiger partial charge >= 0.3 is 5.97 Å². The molecule has 7 nitrogen and oxygen atoms in total. The maximum absolute atomic E-state index is 11.5. The van der Waals surface area contributed by atoms with Gasteiger partial charge in [-0.15, -0.1) is 0 Å². The average Bonchev–Trinajstić information content (AvgIpc) is 2.93. The summed E-state index contributed by atoms with van der Waals surface area (Å²) >= 11 is 1.10. The number of furan rings is 1. The molecule has 0 aromatic carbocycles. The maximum Gasteiger partial charge on any atom is 0.316 e. The summed E-state index contributed by atoms with van der Waals surface area (Å²) in [5.74, 6) is 0.619. The summed E-state index contributed by atoms with van der Waals surface area (Å²) in [4.78, 5) is 26.8. The zero-order chi connectivity index (χ0) is 15.2. The highest BCUT2D eigenvalue weighted by Gasteiger charge is 2.12. The summed E-state index contributed by atoms with van der Waals surface area (Å²) in [7, 11) is 0. The number of nitrogens with zero attached hydrogens (tertiary/aromatic N) is 2. The minimum Gasteiger partial charge on any atom is -0.467 e. The molecule has 0 fully saturated rings. The molecule has 0 aliphatic heterocycles. The van der Waals surface area contributed by atoms with Gasteiger partial charge in [0.25, 0.3) is 5.56 Å². The molecule has 2 rings (SSSR count). The van der Waals surface area contributed by atoms with Crippen LogP contribution in [-0.4, -0.2) is 27.9 Å². The van der Waals surface area contributed by atoms with Crippen LogP contribution in [0, 0.1) is 0 Å². The molecular weight excluding hydrogens is 294 g/mol. The van der Waals surface area contributed by atoms with Gasteiger partial charge in [0.2, 0.25) is 0 Å². The normalized spacial score (nSPS) is 10.5. The summed E-state index contributed by atoms with van der Waals surface area (Å²) < 4.78 is 11.7. The van der Waals surface area contributed by atoms with Gasteiger partial charge in [0.05, 0.1) is 25.2 Å². The molecule has 0 unspecified atom stereocenters. The lowest BCUT2D eigenvalue weighted by atomic mass is 10.4. The van der Waals surface area contributed by atoms with E-state index < -0.39 is 5.56 Å². The van der Waals surface area contributed by atoms with Gasteiger partial charge in [-0.3, -0.25) is 14.2 Å². The third-order valence-electron chi connectivity index (χ3n) is 2.54. The van der Waals surface area contributed by atoms with E-state index in [9.17, 15) is 9.59 Å². The van der Waals surface area contributed by atoms with Gasteiger partial charge in [-0.05, 0) is 19.1 Å². The lowest BCUT2D eigenvalue weighted by Crippen LogP contribution is -2.19. The molecule has 0 saturated heterocycles. The Morgan fingerprint density at radius 1 is 1.57 bits per heavy atom. The standard InChI is InChI=1S/C13H15N3O4S/c1-2-19-12(18)8-21-13-15-11(17)6-10(14)16(13)7-9-4-3-5-20-9/h3-6H,2,7-8,14H2,1H3. The molecule has 0 saturated carbocycles. The molecule has 0 amide bonds. The summed E-state index contributed by atoms with van der Waals surface area (Å²) in [5.41, 5.74) is 5.41. The van der Waals surface area contributed by atoms with Crippen LogP contribution in [0.5, 0.6) is 0 Å². The Bertz CT molecular complexity index is 667. The van der Waals surface area contributed by atoms with Crippen molar-refractivity contribution in [3.8, 4) is 0 Å². The van der Waals surface area contributed by atoms with Gasteiger partial charge < -0.3 is 14.9 Å². The third kappa shape index (κ3) is 4.12. The predicted octanol–water partition coefficient (Wildman–Crippen LogP) is 1.12. The number of ether oxygens (including phenoxy) is 1. The molecule has 0 aliphatic rings. The molecule has 0 aliphatic carbocycles. The molecule has 0 spiro atoms. The second kappa shape index (κ2) is 6.98. The fraction of sp³-hybridized carbons (Fsp3) is 0.308. The largest absolute Gasteiger partial charge is 0.467 e. The van der Waals surface area contributed by atoms with Crippen molar-refractivity contribution in [3.05, 3.63) is 40.6 Å². The topological polar surface area (TPSA) is 100 Å². The molecule has 112 valence electrons. The second-order valence-corrected chi connectivity index (χ2v) is 5.00. The first kappa shape index (κ1) is 15.2. The zero-order valence-corrected chi connectivity index (χ0v) is 12.3. The van der Waals surface area contributed by atoms with Crippen LogP contribution >= 0.6 is 11.8 Å². The lowest BCUT2D eigenvalue weighted by Gasteiger charge is -2.13. The van der Waals surface area contributed by atoms with Gasteiger partial charge in [-0.2, -0.15) is 4.98 Å². The van der Waals surface area contributed by atoms with E-state index in [1.54, 1.807) is 29.9 Å². The lowest BCUT2D eigenvalue weighted by molar-refractivity contribution is -0.139. The van der Waals surface area contributed by atoms with Crippen molar-refractivity contribution in [1.82, 2.24) is 9.55 Å². The van der Waals surface area contributed by atoms with E-state index in [0.717, 1.165) is 11.8 Å². The SMILES string of the molecule is CCOC(=O)CSc1nc(=O)cc(N)n1Cc1ccco1. The Hall–Kier alpha value is -2.22. The summed E-state index contributed by atoms with van der Waals surface area (Å²) in [5, 5.41) is 0.351. The molecule has 0 bridgehead atoms. The van der Waals surface area contributed by atoms with Crippen LogP contribution in [0.15, 0.2) is 38.8 Å². The summed E-state index contributed by atoms with van der Waals surface area (Å²) in [6.45, 7) is 2.37. The van der Waals surface area contributed by atoms with E-state index in [4.69, 9.17) is 14.9 Å². The highest BCUT2D eigenvalue weighted by Crippen LogP contribution is 2.19. The van der Waals surface area contributed by atoms with Crippen LogP contribution in [0.1, 0.15) is 12.7 Å². The maximum atomic E-state index is 11.5.